The largest absolute Gasteiger partial charge is 0.497 e. The van der Waals surface area contributed by atoms with Crippen LogP contribution in [0.1, 0.15) is 5.56 Å². The Kier molecular flexibility index (Phi) is 7.88. The second-order valence-corrected chi connectivity index (χ2v) is 5.85. The van der Waals surface area contributed by atoms with E-state index in [0.29, 0.717) is 23.7 Å². The van der Waals surface area contributed by atoms with Crippen molar-refractivity contribution in [2.24, 2.45) is 0 Å². The van der Waals surface area contributed by atoms with E-state index in [9.17, 15) is 15.2 Å². The molecule has 0 saturated heterocycles. The molecule has 146 valence electrons. The molecule has 0 heterocycles. The van der Waals surface area contributed by atoms with Crippen molar-refractivity contribution in [1.82, 2.24) is 4.90 Å². The molecule has 2 aromatic rings. The van der Waals surface area contributed by atoms with E-state index in [0.717, 1.165) is 5.56 Å². The van der Waals surface area contributed by atoms with Gasteiger partial charge in [-0.05, 0) is 17.7 Å². The molecule has 0 saturated carbocycles. The standard InChI is InChI=1S/C21H23N3O4/c1-27-18-8-9-20(28-2)19(12-18)23-21(26)17(13-22)15-24(10-11-25)14-16-6-4-3-5-7-16/h3-9,12,15,25H,10-11,14H2,1-2H3,(H,23,26)/b17-15-. The first-order valence-corrected chi connectivity index (χ1v) is 8.65. The van der Waals surface area contributed by atoms with Crippen LogP contribution in [-0.4, -0.2) is 43.3 Å². The van der Waals surface area contributed by atoms with Gasteiger partial charge in [0.2, 0.25) is 0 Å². The van der Waals surface area contributed by atoms with Gasteiger partial charge in [-0.25, -0.2) is 0 Å². The second-order valence-electron chi connectivity index (χ2n) is 5.85. The number of ether oxygens (including phenoxy) is 2. The SMILES string of the molecule is COc1ccc(OC)c(NC(=O)/C(C#N)=C\N(CCO)Cc2ccccc2)c1. The van der Waals surface area contributed by atoms with E-state index in [1.165, 1.54) is 20.4 Å². The molecule has 28 heavy (non-hydrogen) atoms. The molecule has 0 fully saturated rings. The van der Waals surface area contributed by atoms with Crippen LogP contribution in [0.15, 0.2) is 60.3 Å². The van der Waals surface area contributed by atoms with E-state index in [1.807, 2.05) is 36.4 Å². The summed E-state index contributed by atoms with van der Waals surface area (Å²) < 4.78 is 10.4. The van der Waals surface area contributed by atoms with Crippen molar-refractivity contribution in [1.29, 1.82) is 5.26 Å². The van der Waals surface area contributed by atoms with E-state index in [-0.39, 0.29) is 18.7 Å². The number of methoxy groups -OCH3 is 2. The number of aliphatic hydroxyl groups is 1. The number of carbonyl (C=O) groups is 1. The molecule has 2 aromatic carbocycles. The normalized spacial score (nSPS) is 10.7. The second kappa shape index (κ2) is 10.6. The number of aliphatic hydroxyl groups excluding tert-OH is 1. The first-order chi connectivity index (χ1) is 13.6. The van der Waals surface area contributed by atoms with Crippen LogP contribution in [0, 0.1) is 11.3 Å². The highest BCUT2D eigenvalue weighted by molar-refractivity contribution is 6.07. The van der Waals surface area contributed by atoms with Crippen LogP contribution in [0.2, 0.25) is 0 Å². The number of nitrogens with one attached hydrogen (secondary N) is 1. The lowest BCUT2D eigenvalue weighted by molar-refractivity contribution is -0.112. The molecule has 1 amide bonds. The summed E-state index contributed by atoms with van der Waals surface area (Å²) in [4.78, 5) is 14.3. The van der Waals surface area contributed by atoms with E-state index < -0.39 is 5.91 Å². The molecule has 2 N–H and O–H groups in total. The number of benzene rings is 2. The first kappa shape index (κ1) is 20.8. The zero-order valence-electron chi connectivity index (χ0n) is 15.9. The number of rotatable bonds is 9. The molecule has 0 aliphatic carbocycles. The maximum absolute atomic E-state index is 12.6. The number of amides is 1. The molecule has 0 aliphatic heterocycles. The Balaban J connectivity index is 2.22. The van der Waals surface area contributed by atoms with Gasteiger partial charge in [0.1, 0.15) is 23.1 Å². The molecule has 2 rings (SSSR count). The van der Waals surface area contributed by atoms with Gasteiger partial charge in [0.15, 0.2) is 0 Å². The van der Waals surface area contributed by atoms with Gasteiger partial charge in [-0.3, -0.25) is 4.79 Å². The van der Waals surface area contributed by atoms with Gasteiger partial charge < -0.3 is 24.8 Å². The van der Waals surface area contributed by atoms with Gasteiger partial charge in [0.05, 0.1) is 26.5 Å². The number of carbonyl (C=O) groups excluding carboxylic acids is 1. The van der Waals surface area contributed by atoms with Crippen LogP contribution >= 0.6 is 0 Å². The third-order valence-electron chi connectivity index (χ3n) is 3.95. The third-order valence-corrected chi connectivity index (χ3v) is 3.95. The maximum atomic E-state index is 12.6. The van der Waals surface area contributed by atoms with Crippen LogP contribution in [0.25, 0.3) is 0 Å². The fourth-order valence-electron chi connectivity index (χ4n) is 2.56. The lowest BCUT2D eigenvalue weighted by Crippen LogP contribution is -2.24. The predicted octanol–water partition coefficient (Wildman–Crippen LogP) is 2.54. The molecule has 0 unspecified atom stereocenters. The number of hydrogen-bond donors (Lipinski definition) is 2. The first-order valence-electron chi connectivity index (χ1n) is 8.65. The number of anilines is 1. The van der Waals surface area contributed by atoms with Crippen LogP contribution in [0.4, 0.5) is 5.69 Å². The summed E-state index contributed by atoms with van der Waals surface area (Å²) in [6, 6.07) is 16.5. The fraction of sp³-hybridized carbons (Fsp3) is 0.238. The highest BCUT2D eigenvalue weighted by Gasteiger charge is 2.15. The van der Waals surface area contributed by atoms with Crippen molar-refractivity contribution in [3.05, 3.63) is 65.9 Å². The maximum Gasteiger partial charge on any atom is 0.267 e. The van der Waals surface area contributed by atoms with Crippen molar-refractivity contribution in [2.75, 3.05) is 32.7 Å². The smallest absolute Gasteiger partial charge is 0.267 e. The molecular formula is C21H23N3O4. The van der Waals surface area contributed by atoms with E-state index in [1.54, 1.807) is 23.1 Å². The summed E-state index contributed by atoms with van der Waals surface area (Å²) in [6.07, 6.45) is 1.45. The molecule has 7 nitrogen and oxygen atoms in total. The number of hydrogen-bond acceptors (Lipinski definition) is 6. The molecular weight excluding hydrogens is 358 g/mol. The van der Waals surface area contributed by atoms with Crippen molar-refractivity contribution >= 4 is 11.6 Å². The summed E-state index contributed by atoms with van der Waals surface area (Å²) in [5.74, 6) is 0.414. The molecule has 0 atom stereocenters. The molecule has 0 aromatic heterocycles. The van der Waals surface area contributed by atoms with Gasteiger partial charge in [-0.2, -0.15) is 5.26 Å². The Hall–Kier alpha value is -3.50. The molecule has 0 radical (unpaired) electrons. The number of nitrogens with zero attached hydrogens (tertiary/aromatic N) is 2. The average Bonchev–Trinajstić information content (AvgIpc) is 2.72. The summed E-state index contributed by atoms with van der Waals surface area (Å²) in [6.45, 7) is 0.644. The van der Waals surface area contributed by atoms with Gasteiger partial charge in [0, 0.05) is 25.4 Å². The van der Waals surface area contributed by atoms with Crippen LogP contribution in [-0.2, 0) is 11.3 Å². The minimum Gasteiger partial charge on any atom is -0.497 e. The lowest BCUT2D eigenvalue weighted by atomic mass is 10.2. The monoisotopic (exact) mass is 381 g/mol. The van der Waals surface area contributed by atoms with Crippen molar-refractivity contribution in [3.8, 4) is 17.6 Å². The Morgan fingerprint density at radius 2 is 1.96 bits per heavy atom. The molecule has 0 spiro atoms. The average molecular weight is 381 g/mol. The Labute approximate surface area is 164 Å². The predicted molar refractivity (Wildman–Crippen MR) is 106 cm³/mol. The molecule has 0 bridgehead atoms. The minimum atomic E-state index is -0.579. The van der Waals surface area contributed by atoms with Crippen molar-refractivity contribution < 1.29 is 19.4 Å². The summed E-state index contributed by atoms with van der Waals surface area (Å²) in [7, 11) is 3.01. The molecule has 0 aliphatic rings. The summed E-state index contributed by atoms with van der Waals surface area (Å²) >= 11 is 0. The topological polar surface area (TPSA) is 94.8 Å². The van der Waals surface area contributed by atoms with Gasteiger partial charge >= 0.3 is 0 Å². The third kappa shape index (κ3) is 5.76. The zero-order chi connectivity index (χ0) is 20.4. The van der Waals surface area contributed by atoms with Crippen LogP contribution in [0.3, 0.4) is 0 Å². The summed E-state index contributed by atoms with van der Waals surface area (Å²) in [5.41, 5.74) is 1.30. The highest BCUT2D eigenvalue weighted by Crippen LogP contribution is 2.29. The Morgan fingerprint density at radius 1 is 1.21 bits per heavy atom. The van der Waals surface area contributed by atoms with Crippen molar-refractivity contribution in [3.63, 3.8) is 0 Å². The highest BCUT2D eigenvalue weighted by atomic mass is 16.5. The fourth-order valence-corrected chi connectivity index (χ4v) is 2.56. The molecule has 7 heteroatoms. The van der Waals surface area contributed by atoms with Crippen molar-refractivity contribution in [2.45, 2.75) is 6.54 Å². The lowest BCUT2D eigenvalue weighted by Gasteiger charge is -2.20. The summed E-state index contributed by atoms with van der Waals surface area (Å²) in [5, 5.41) is 21.5. The quantitative estimate of drug-likeness (QED) is 0.512. The number of nitriles is 1. The van der Waals surface area contributed by atoms with E-state index in [4.69, 9.17) is 9.47 Å². The van der Waals surface area contributed by atoms with Crippen LogP contribution < -0.4 is 14.8 Å². The van der Waals surface area contributed by atoms with Crippen LogP contribution in [0.5, 0.6) is 11.5 Å². The van der Waals surface area contributed by atoms with Gasteiger partial charge in [0.25, 0.3) is 5.91 Å². The van der Waals surface area contributed by atoms with E-state index in [2.05, 4.69) is 5.32 Å². The van der Waals surface area contributed by atoms with Gasteiger partial charge in [-0.15, -0.1) is 0 Å². The minimum absolute atomic E-state index is 0.0887. The van der Waals surface area contributed by atoms with E-state index >= 15 is 0 Å². The Bertz CT molecular complexity index is 860. The Morgan fingerprint density at radius 3 is 2.57 bits per heavy atom. The zero-order valence-corrected chi connectivity index (χ0v) is 15.9. The van der Waals surface area contributed by atoms with Gasteiger partial charge in [-0.1, -0.05) is 30.3 Å².